The molecule has 0 fully saturated rings. The maximum absolute atomic E-state index is 5.83. The number of nitrogens with zero attached hydrogens (tertiary/aromatic N) is 2. The zero-order valence-electron chi connectivity index (χ0n) is 11.9. The van der Waals surface area contributed by atoms with Gasteiger partial charge in [-0.25, -0.2) is 0 Å². The zero-order valence-corrected chi connectivity index (χ0v) is 12.6. The van der Waals surface area contributed by atoms with E-state index in [0.29, 0.717) is 5.92 Å². The summed E-state index contributed by atoms with van der Waals surface area (Å²) in [5, 5.41) is 7.99. The highest BCUT2D eigenvalue weighted by atomic mass is 35.5. The molecule has 0 aliphatic heterocycles. The Hall–Kier alpha value is -0.540. The summed E-state index contributed by atoms with van der Waals surface area (Å²) in [6, 6.07) is 2.18. The summed E-state index contributed by atoms with van der Waals surface area (Å²) < 4.78 is 1.97. The van der Waals surface area contributed by atoms with E-state index in [1.165, 1.54) is 24.2 Å². The van der Waals surface area contributed by atoms with Crippen molar-refractivity contribution in [1.29, 1.82) is 0 Å². The maximum atomic E-state index is 5.83. The molecule has 0 saturated heterocycles. The van der Waals surface area contributed by atoms with Gasteiger partial charge in [-0.05, 0) is 37.8 Å². The molecule has 3 nitrogen and oxygen atoms in total. The zero-order chi connectivity index (χ0) is 13.4. The molecule has 1 heterocycles. The molecule has 18 heavy (non-hydrogen) atoms. The normalized spacial score (nSPS) is 12.9. The molecule has 0 spiro atoms. The number of aryl methyl sites for hydroxylation is 2. The Morgan fingerprint density at radius 1 is 1.39 bits per heavy atom. The topological polar surface area (TPSA) is 29.9 Å². The van der Waals surface area contributed by atoms with E-state index in [1.807, 2.05) is 11.7 Å². The summed E-state index contributed by atoms with van der Waals surface area (Å²) in [5.41, 5.74) is 2.42. The third-order valence-corrected chi connectivity index (χ3v) is 3.56. The lowest BCUT2D eigenvalue weighted by molar-refractivity contribution is 0.426. The molecule has 4 heteroatoms. The molecule has 0 bridgehead atoms. The highest BCUT2D eigenvalue weighted by Crippen LogP contribution is 2.11. The Kier molecular flexibility index (Phi) is 7.36. The Morgan fingerprint density at radius 3 is 2.72 bits per heavy atom. The van der Waals surface area contributed by atoms with Crippen molar-refractivity contribution in [3.63, 3.8) is 0 Å². The molecular formula is C14H26ClN3. The number of nitrogens with one attached hydrogen (secondary N) is 1. The Balaban J connectivity index is 2.36. The molecule has 0 saturated carbocycles. The molecule has 1 aromatic rings. The van der Waals surface area contributed by atoms with Crippen LogP contribution in [-0.2, 0) is 20.0 Å². The highest BCUT2D eigenvalue weighted by Gasteiger charge is 2.08. The number of alkyl halides is 1. The highest BCUT2D eigenvalue weighted by molar-refractivity contribution is 6.17. The molecular weight excluding hydrogens is 246 g/mol. The van der Waals surface area contributed by atoms with Crippen molar-refractivity contribution in [2.24, 2.45) is 13.0 Å². The first kappa shape index (κ1) is 15.5. The minimum absolute atomic E-state index is 0.700. The molecule has 1 aromatic heterocycles. The van der Waals surface area contributed by atoms with Crippen molar-refractivity contribution in [1.82, 2.24) is 15.1 Å². The molecule has 1 N–H and O–H groups in total. The van der Waals surface area contributed by atoms with Crippen molar-refractivity contribution in [2.75, 3.05) is 12.4 Å². The average Bonchev–Trinajstić information content (AvgIpc) is 2.71. The first-order valence-electron chi connectivity index (χ1n) is 6.99. The molecule has 0 radical (unpaired) electrons. The van der Waals surface area contributed by atoms with Crippen LogP contribution in [0.2, 0.25) is 0 Å². The van der Waals surface area contributed by atoms with Crippen molar-refractivity contribution < 1.29 is 0 Å². The minimum Gasteiger partial charge on any atom is -0.311 e. The van der Waals surface area contributed by atoms with E-state index in [4.69, 9.17) is 11.6 Å². The Bertz CT molecular complexity index is 330. The van der Waals surface area contributed by atoms with E-state index < -0.39 is 0 Å². The second kappa shape index (κ2) is 8.54. The quantitative estimate of drug-likeness (QED) is 0.700. The van der Waals surface area contributed by atoms with Crippen LogP contribution in [0.15, 0.2) is 6.07 Å². The van der Waals surface area contributed by atoms with Gasteiger partial charge in [-0.1, -0.05) is 20.3 Å². The van der Waals surface area contributed by atoms with Gasteiger partial charge in [0, 0.05) is 19.5 Å². The summed E-state index contributed by atoms with van der Waals surface area (Å²) >= 11 is 5.83. The van der Waals surface area contributed by atoms with Crippen LogP contribution in [0.4, 0.5) is 0 Å². The van der Waals surface area contributed by atoms with E-state index in [9.17, 15) is 0 Å². The number of halogens is 1. The van der Waals surface area contributed by atoms with Crippen molar-refractivity contribution in [3.05, 3.63) is 17.5 Å². The van der Waals surface area contributed by atoms with Gasteiger partial charge in [-0.3, -0.25) is 4.68 Å². The van der Waals surface area contributed by atoms with Crippen LogP contribution < -0.4 is 5.32 Å². The van der Waals surface area contributed by atoms with Crippen LogP contribution in [0.5, 0.6) is 0 Å². The SMILES string of the molecule is CCCC(CCCl)CNCc1cc(CC)nn1C. The van der Waals surface area contributed by atoms with Crippen LogP contribution in [0, 0.1) is 5.92 Å². The van der Waals surface area contributed by atoms with Gasteiger partial charge in [0.05, 0.1) is 11.4 Å². The number of hydrogen-bond acceptors (Lipinski definition) is 2. The second-order valence-electron chi connectivity index (χ2n) is 4.87. The van der Waals surface area contributed by atoms with Crippen LogP contribution in [0.3, 0.4) is 0 Å². The predicted octanol–water partition coefficient (Wildman–Crippen LogP) is 3.12. The molecule has 1 atom stereocenters. The van der Waals surface area contributed by atoms with E-state index >= 15 is 0 Å². The lowest BCUT2D eigenvalue weighted by Crippen LogP contribution is -2.24. The summed E-state index contributed by atoms with van der Waals surface area (Å²) in [6.07, 6.45) is 4.59. The van der Waals surface area contributed by atoms with Crippen LogP contribution in [0.1, 0.15) is 44.5 Å². The van der Waals surface area contributed by atoms with Crippen LogP contribution in [0.25, 0.3) is 0 Å². The number of rotatable bonds is 9. The van der Waals surface area contributed by atoms with Crippen LogP contribution >= 0.6 is 11.6 Å². The molecule has 0 aliphatic rings. The lowest BCUT2D eigenvalue weighted by Gasteiger charge is -2.15. The van der Waals surface area contributed by atoms with Gasteiger partial charge >= 0.3 is 0 Å². The first-order valence-corrected chi connectivity index (χ1v) is 7.53. The second-order valence-corrected chi connectivity index (χ2v) is 5.25. The third-order valence-electron chi connectivity index (χ3n) is 3.34. The predicted molar refractivity (Wildman–Crippen MR) is 78.0 cm³/mol. The Morgan fingerprint density at radius 2 is 2.17 bits per heavy atom. The fraction of sp³-hybridized carbons (Fsp3) is 0.786. The summed E-state index contributed by atoms with van der Waals surface area (Å²) in [6.45, 7) is 6.31. The van der Waals surface area contributed by atoms with Gasteiger partial charge in [0.1, 0.15) is 0 Å². The fourth-order valence-corrected chi connectivity index (χ4v) is 2.53. The summed E-state index contributed by atoms with van der Waals surface area (Å²) in [5.74, 6) is 1.46. The first-order chi connectivity index (χ1) is 8.71. The molecule has 0 aromatic carbocycles. The molecule has 104 valence electrons. The third kappa shape index (κ3) is 4.99. The van der Waals surface area contributed by atoms with E-state index in [1.54, 1.807) is 0 Å². The van der Waals surface area contributed by atoms with Crippen molar-refractivity contribution in [2.45, 2.75) is 46.1 Å². The monoisotopic (exact) mass is 271 g/mol. The fourth-order valence-electron chi connectivity index (χ4n) is 2.23. The van der Waals surface area contributed by atoms with Crippen molar-refractivity contribution >= 4 is 11.6 Å². The molecule has 1 unspecified atom stereocenters. The van der Waals surface area contributed by atoms with Gasteiger partial charge < -0.3 is 5.32 Å². The van der Waals surface area contributed by atoms with Gasteiger partial charge in [-0.15, -0.1) is 11.6 Å². The standard InChI is InChI=1S/C14H26ClN3/c1-4-6-12(7-8-15)10-16-11-14-9-13(5-2)17-18(14)3/h9,12,16H,4-8,10-11H2,1-3H3. The summed E-state index contributed by atoms with van der Waals surface area (Å²) in [7, 11) is 2.01. The van der Waals surface area contributed by atoms with Gasteiger partial charge in [0.2, 0.25) is 0 Å². The average molecular weight is 272 g/mol. The number of aromatic nitrogens is 2. The van der Waals surface area contributed by atoms with Gasteiger partial charge in [0.15, 0.2) is 0 Å². The van der Waals surface area contributed by atoms with Crippen LogP contribution in [-0.4, -0.2) is 22.2 Å². The van der Waals surface area contributed by atoms with E-state index in [2.05, 4.69) is 30.3 Å². The van der Waals surface area contributed by atoms with Gasteiger partial charge in [-0.2, -0.15) is 5.10 Å². The minimum atomic E-state index is 0.700. The van der Waals surface area contributed by atoms with Crippen molar-refractivity contribution in [3.8, 4) is 0 Å². The smallest absolute Gasteiger partial charge is 0.0625 e. The Labute approximate surface area is 116 Å². The molecule has 0 aliphatic carbocycles. The number of hydrogen-bond donors (Lipinski definition) is 1. The maximum Gasteiger partial charge on any atom is 0.0625 e. The lowest BCUT2D eigenvalue weighted by atomic mass is 10.0. The molecule has 1 rings (SSSR count). The summed E-state index contributed by atoms with van der Waals surface area (Å²) in [4.78, 5) is 0. The molecule has 0 amide bonds. The largest absolute Gasteiger partial charge is 0.311 e. The van der Waals surface area contributed by atoms with E-state index in [-0.39, 0.29) is 0 Å². The van der Waals surface area contributed by atoms with Gasteiger partial charge in [0.25, 0.3) is 0 Å². The van der Waals surface area contributed by atoms with E-state index in [0.717, 1.165) is 31.8 Å².